The predicted octanol–water partition coefficient (Wildman–Crippen LogP) is 0.0636. The van der Waals surface area contributed by atoms with Crippen LogP contribution >= 0.6 is 0 Å². The summed E-state index contributed by atoms with van der Waals surface area (Å²) in [6, 6.07) is 0. The van der Waals surface area contributed by atoms with E-state index in [4.69, 9.17) is 10.2 Å². The number of ether oxygens (including phenoxy) is 2. The summed E-state index contributed by atoms with van der Waals surface area (Å²) in [4.78, 5) is 20.1. The second kappa shape index (κ2) is 3.94. The van der Waals surface area contributed by atoms with Gasteiger partial charge in [0.15, 0.2) is 6.23 Å². The Morgan fingerprint density at radius 1 is 1.23 bits per heavy atom. The van der Waals surface area contributed by atoms with Crippen molar-refractivity contribution in [1.29, 1.82) is 0 Å². The van der Waals surface area contributed by atoms with Gasteiger partial charge < -0.3 is 19.7 Å². The molecule has 0 aromatic carbocycles. The summed E-state index contributed by atoms with van der Waals surface area (Å²) < 4.78 is 8.76. The maximum absolute atomic E-state index is 10.1. The molecular formula is C6H9NO6. The van der Waals surface area contributed by atoms with Crippen LogP contribution in [0.25, 0.3) is 0 Å². The monoisotopic (exact) mass is 191 g/mol. The topological polar surface area (TPSA) is 105 Å². The molecular weight excluding hydrogens is 182 g/mol. The second-order valence-electron chi connectivity index (χ2n) is 2.52. The summed E-state index contributed by atoms with van der Waals surface area (Å²) in [5.41, 5.74) is 0. The van der Waals surface area contributed by atoms with Crippen LogP contribution in [-0.4, -0.2) is 41.4 Å². The first kappa shape index (κ1) is 9.59. The Hall–Kier alpha value is -1.50. The lowest BCUT2D eigenvalue weighted by molar-refractivity contribution is 0.0308. The predicted molar refractivity (Wildman–Crippen MR) is 38.4 cm³/mol. The van der Waals surface area contributed by atoms with E-state index >= 15 is 0 Å². The molecule has 7 heteroatoms. The Morgan fingerprint density at radius 2 is 1.85 bits per heavy atom. The van der Waals surface area contributed by atoms with Crippen LogP contribution in [0.15, 0.2) is 0 Å². The van der Waals surface area contributed by atoms with Crippen molar-refractivity contribution in [1.82, 2.24) is 5.32 Å². The highest BCUT2D eigenvalue weighted by Gasteiger charge is 2.29. The number of nitrogens with one attached hydrogen (secondary N) is 1. The average Bonchev–Trinajstić information content (AvgIpc) is 2.33. The number of carbonyl (C=O) groups is 2. The van der Waals surface area contributed by atoms with Crippen LogP contribution < -0.4 is 5.32 Å². The van der Waals surface area contributed by atoms with Crippen molar-refractivity contribution in [3.8, 4) is 0 Å². The van der Waals surface area contributed by atoms with Gasteiger partial charge in [-0.05, 0) is 0 Å². The lowest BCUT2D eigenvalue weighted by Crippen LogP contribution is -2.26. The van der Waals surface area contributed by atoms with Crippen LogP contribution in [0.5, 0.6) is 0 Å². The SMILES string of the molecule is O=C(O)OC1CNC(OC(=O)O)C1. The highest BCUT2D eigenvalue weighted by molar-refractivity contribution is 5.57. The molecule has 0 saturated carbocycles. The number of carboxylic acid groups (broad SMARTS) is 2. The third kappa shape index (κ3) is 3.16. The molecule has 74 valence electrons. The van der Waals surface area contributed by atoms with Gasteiger partial charge >= 0.3 is 12.3 Å². The quantitative estimate of drug-likeness (QED) is 0.530. The molecule has 0 aromatic heterocycles. The normalized spacial score (nSPS) is 26.8. The van der Waals surface area contributed by atoms with Crippen molar-refractivity contribution in [2.75, 3.05) is 6.54 Å². The van der Waals surface area contributed by atoms with Gasteiger partial charge in [-0.25, -0.2) is 9.59 Å². The van der Waals surface area contributed by atoms with Crippen molar-refractivity contribution >= 4 is 12.3 Å². The molecule has 1 rings (SSSR count). The third-order valence-corrected chi connectivity index (χ3v) is 1.56. The van der Waals surface area contributed by atoms with Gasteiger partial charge in [-0.2, -0.15) is 0 Å². The summed E-state index contributed by atoms with van der Waals surface area (Å²) >= 11 is 0. The van der Waals surface area contributed by atoms with Gasteiger partial charge in [0.25, 0.3) is 0 Å². The van der Waals surface area contributed by atoms with Gasteiger partial charge in [0.1, 0.15) is 6.10 Å². The van der Waals surface area contributed by atoms with Gasteiger partial charge in [0.2, 0.25) is 0 Å². The van der Waals surface area contributed by atoms with E-state index in [2.05, 4.69) is 14.8 Å². The summed E-state index contributed by atoms with van der Waals surface area (Å²) in [6.45, 7) is 0.268. The van der Waals surface area contributed by atoms with Crippen molar-refractivity contribution in [3.63, 3.8) is 0 Å². The molecule has 3 N–H and O–H groups in total. The van der Waals surface area contributed by atoms with Gasteiger partial charge in [0.05, 0.1) is 0 Å². The average molecular weight is 191 g/mol. The Morgan fingerprint density at radius 3 is 2.38 bits per heavy atom. The zero-order valence-electron chi connectivity index (χ0n) is 6.60. The van der Waals surface area contributed by atoms with E-state index in [1.54, 1.807) is 0 Å². The fourth-order valence-electron chi connectivity index (χ4n) is 1.11. The van der Waals surface area contributed by atoms with E-state index in [1.807, 2.05) is 0 Å². The van der Waals surface area contributed by atoms with Crippen LogP contribution in [0.1, 0.15) is 6.42 Å². The fourth-order valence-corrected chi connectivity index (χ4v) is 1.11. The Balaban J connectivity index is 2.27. The lowest BCUT2D eigenvalue weighted by Gasteiger charge is -2.08. The highest BCUT2D eigenvalue weighted by atomic mass is 16.7. The van der Waals surface area contributed by atoms with Gasteiger partial charge in [0, 0.05) is 13.0 Å². The Kier molecular flexibility index (Phi) is 2.91. The lowest BCUT2D eigenvalue weighted by atomic mass is 10.3. The number of hydrogen-bond donors (Lipinski definition) is 3. The van der Waals surface area contributed by atoms with Crippen LogP contribution in [0.4, 0.5) is 9.59 Å². The summed E-state index contributed by atoms with van der Waals surface area (Å²) in [7, 11) is 0. The second-order valence-corrected chi connectivity index (χ2v) is 2.52. The first-order chi connectivity index (χ1) is 6.08. The van der Waals surface area contributed by atoms with Crippen molar-refractivity contribution in [2.45, 2.75) is 18.8 Å². The van der Waals surface area contributed by atoms with E-state index in [9.17, 15) is 9.59 Å². The molecule has 1 fully saturated rings. The minimum Gasteiger partial charge on any atom is -0.450 e. The van der Waals surface area contributed by atoms with E-state index in [-0.39, 0.29) is 13.0 Å². The molecule has 2 atom stereocenters. The zero-order chi connectivity index (χ0) is 9.84. The first-order valence-electron chi connectivity index (χ1n) is 3.60. The highest BCUT2D eigenvalue weighted by Crippen LogP contribution is 2.11. The minimum atomic E-state index is -1.39. The fraction of sp³-hybridized carbons (Fsp3) is 0.667. The minimum absolute atomic E-state index is 0.207. The molecule has 13 heavy (non-hydrogen) atoms. The molecule has 0 radical (unpaired) electrons. The standard InChI is InChI=1S/C6H9NO6/c8-5(9)12-3-1-4(7-2-3)13-6(10)11/h3-4,7H,1-2H2,(H,8,9)(H,10,11). The van der Waals surface area contributed by atoms with Gasteiger partial charge in [-0.3, -0.25) is 5.32 Å². The molecule has 1 aliphatic rings. The van der Waals surface area contributed by atoms with Gasteiger partial charge in [-0.15, -0.1) is 0 Å². The molecule has 0 amide bonds. The van der Waals surface area contributed by atoms with E-state index in [1.165, 1.54) is 0 Å². The number of hydrogen-bond acceptors (Lipinski definition) is 5. The van der Waals surface area contributed by atoms with E-state index < -0.39 is 24.6 Å². The first-order valence-corrected chi connectivity index (χ1v) is 3.60. The molecule has 1 saturated heterocycles. The molecule has 1 heterocycles. The van der Waals surface area contributed by atoms with Crippen molar-refractivity contribution in [3.05, 3.63) is 0 Å². The van der Waals surface area contributed by atoms with E-state index in [0.717, 1.165) is 0 Å². The van der Waals surface area contributed by atoms with Crippen molar-refractivity contribution in [2.24, 2.45) is 0 Å². The molecule has 7 nitrogen and oxygen atoms in total. The molecule has 0 spiro atoms. The Bertz CT molecular complexity index is 195. The summed E-state index contributed by atoms with van der Waals surface area (Å²) in [5.74, 6) is 0. The molecule has 0 aromatic rings. The molecule has 1 aliphatic heterocycles. The smallest absolute Gasteiger partial charge is 0.450 e. The van der Waals surface area contributed by atoms with Gasteiger partial charge in [-0.1, -0.05) is 0 Å². The number of rotatable bonds is 2. The summed E-state index contributed by atoms with van der Waals surface area (Å²) in [5, 5.41) is 19.1. The van der Waals surface area contributed by atoms with Crippen LogP contribution in [-0.2, 0) is 9.47 Å². The van der Waals surface area contributed by atoms with Crippen LogP contribution in [0, 0.1) is 0 Å². The maximum Gasteiger partial charge on any atom is 0.507 e. The van der Waals surface area contributed by atoms with E-state index in [0.29, 0.717) is 0 Å². The Labute approximate surface area is 73.2 Å². The van der Waals surface area contributed by atoms with Crippen molar-refractivity contribution < 1.29 is 29.3 Å². The van der Waals surface area contributed by atoms with Crippen LogP contribution in [0.2, 0.25) is 0 Å². The third-order valence-electron chi connectivity index (χ3n) is 1.56. The largest absolute Gasteiger partial charge is 0.507 e. The molecule has 2 unspecified atom stereocenters. The van der Waals surface area contributed by atoms with Crippen LogP contribution in [0.3, 0.4) is 0 Å². The molecule has 0 aliphatic carbocycles. The zero-order valence-corrected chi connectivity index (χ0v) is 6.60. The maximum atomic E-state index is 10.1. The molecule has 0 bridgehead atoms. The summed E-state index contributed by atoms with van der Waals surface area (Å²) in [6.07, 6.45) is -3.78.